The van der Waals surface area contributed by atoms with E-state index in [1.807, 2.05) is 0 Å². The van der Waals surface area contributed by atoms with Gasteiger partial charge < -0.3 is 4.74 Å². The van der Waals surface area contributed by atoms with Gasteiger partial charge in [0.25, 0.3) is 0 Å². The van der Waals surface area contributed by atoms with Gasteiger partial charge >= 0.3 is 5.97 Å². The van der Waals surface area contributed by atoms with E-state index in [0.717, 1.165) is 0 Å². The zero-order chi connectivity index (χ0) is 7.56. The maximum Gasteiger partial charge on any atom is 0.323 e. The standard InChI is InChI=1S/C6H9NO3.ClH/c1-10-6(9)5-2-4(8)3-7-5;/h5,7H,2-3H2,1H3;1H/t5-;/m0./s1. The van der Waals surface area contributed by atoms with E-state index < -0.39 is 6.04 Å². The highest BCUT2D eigenvalue weighted by atomic mass is 35.5. The molecule has 1 rings (SSSR count). The summed E-state index contributed by atoms with van der Waals surface area (Å²) >= 11 is 0. The minimum atomic E-state index is -0.405. The molecule has 0 spiro atoms. The van der Waals surface area contributed by atoms with Crippen molar-refractivity contribution in [2.45, 2.75) is 12.5 Å². The Kier molecular flexibility index (Phi) is 4.07. The fourth-order valence-corrected chi connectivity index (χ4v) is 0.918. The van der Waals surface area contributed by atoms with E-state index in [1.54, 1.807) is 0 Å². The van der Waals surface area contributed by atoms with Crippen molar-refractivity contribution in [2.75, 3.05) is 13.7 Å². The molecular formula is C6H10ClNO3. The normalized spacial score (nSPS) is 22.6. The second-order valence-electron chi connectivity index (χ2n) is 2.20. The van der Waals surface area contributed by atoms with Crippen LogP contribution in [-0.2, 0) is 14.3 Å². The van der Waals surface area contributed by atoms with Gasteiger partial charge in [-0.05, 0) is 0 Å². The number of methoxy groups -OCH3 is 1. The van der Waals surface area contributed by atoms with Crippen molar-refractivity contribution in [1.29, 1.82) is 0 Å². The highest BCUT2D eigenvalue weighted by Gasteiger charge is 2.27. The molecule has 0 aliphatic carbocycles. The summed E-state index contributed by atoms with van der Waals surface area (Å²) in [5.74, 6) is -0.291. The average Bonchev–Trinajstić information content (AvgIpc) is 2.34. The van der Waals surface area contributed by atoms with Crippen molar-refractivity contribution in [1.82, 2.24) is 5.32 Å². The lowest BCUT2D eigenvalue weighted by molar-refractivity contribution is -0.143. The number of carbonyl (C=O) groups excluding carboxylic acids is 2. The van der Waals surface area contributed by atoms with Crippen LogP contribution in [0, 0.1) is 0 Å². The van der Waals surface area contributed by atoms with Gasteiger partial charge in [-0.25, -0.2) is 0 Å². The lowest BCUT2D eigenvalue weighted by Gasteiger charge is -2.03. The van der Waals surface area contributed by atoms with E-state index in [9.17, 15) is 9.59 Å². The Bertz CT molecular complexity index is 171. The third kappa shape index (κ3) is 2.48. The SMILES string of the molecule is COC(=O)[C@@H]1CC(=O)CN1.Cl. The van der Waals surface area contributed by atoms with Crippen LogP contribution in [0.3, 0.4) is 0 Å². The fraction of sp³-hybridized carbons (Fsp3) is 0.667. The summed E-state index contributed by atoms with van der Waals surface area (Å²) in [6.07, 6.45) is 0.271. The molecule has 1 aliphatic rings. The van der Waals surface area contributed by atoms with Crippen molar-refractivity contribution in [3.05, 3.63) is 0 Å². The molecule has 0 aromatic heterocycles. The molecule has 0 aromatic rings. The number of nitrogens with one attached hydrogen (secondary N) is 1. The number of carbonyl (C=O) groups is 2. The lowest BCUT2D eigenvalue weighted by Crippen LogP contribution is -2.31. The Hall–Kier alpha value is -0.610. The maximum atomic E-state index is 10.7. The van der Waals surface area contributed by atoms with Gasteiger partial charge in [0.15, 0.2) is 0 Å². The summed E-state index contributed by atoms with van der Waals surface area (Å²) in [5, 5.41) is 2.73. The van der Waals surface area contributed by atoms with Gasteiger partial charge in [-0.2, -0.15) is 0 Å². The van der Waals surface area contributed by atoms with Gasteiger partial charge in [-0.15, -0.1) is 12.4 Å². The smallest absolute Gasteiger partial charge is 0.323 e. The molecule has 0 amide bonds. The van der Waals surface area contributed by atoms with E-state index in [4.69, 9.17) is 0 Å². The number of hydrogen-bond donors (Lipinski definition) is 1. The summed E-state index contributed by atoms with van der Waals surface area (Å²) in [7, 11) is 1.31. The van der Waals surface area contributed by atoms with Gasteiger partial charge in [0, 0.05) is 6.42 Å². The Morgan fingerprint density at radius 2 is 2.36 bits per heavy atom. The fourth-order valence-electron chi connectivity index (χ4n) is 0.918. The largest absolute Gasteiger partial charge is 0.468 e. The van der Waals surface area contributed by atoms with Crippen LogP contribution in [0.25, 0.3) is 0 Å². The molecular weight excluding hydrogens is 170 g/mol. The van der Waals surface area contributed by atoms with Gasteiger partial charge in [0.05, 0.1) is 13.7 Å². The second kappa shape index (κ2) is 4.31. The lowest BCUT2D eigenvalue weighted by atomic mass is 10.2. The minimum absolute atomic E-state index is 0. The Morgan fingerprint density at radius 3 is 2.73 bits per heavy atom. The van der Waals surface area contributed by atoms with Crippen molar-refractivity contribution < 1.29 is 14.3 Å². The molecule has 0 radical (unpaired) electrons. The Labute approximate surface area is 70.7 Å². The van der Waals surface area contributed by atoms with E-state index in [-0.39, 0.29) is 30.6 Å². The molecule has 0 bridgehead atoms. The number of ether oxygens (including phenoxy) is 1. The molecule has 4 nitrogen and oxygen atoms in total. The van der Waals surface area contributed by atoms with Gasteiger partial charge in [0.2, 0.25) is 0 Å². The maximum absolute atomic E-state index is 10.7. The third-order valence-corrected chi connectivity index (χ3v) is 1.46. The highest BCUT2D eigenvalue weighted by Crippen LogP contribution is 2.02. The van der Waals surface area contributed by atoms with Gasteiger partial charge in [0.1, 0.15) is 11.8 Å². The number of ketones is 1. The van der Waals surface area contributed by atoms with Crippen molar-refractivity contribution in [3.8, 4) is 0 Å². The third-order valence-electron chi connectivity index (χ3n) is 1.46. The molecule has 0 saturated carbocycles. The first-order valence-electron chi connectivity index (χ1n) is 3.07. The van der Waals surface area contributed by atoms with Crippen LogP contribution in [0.15, 0.2) is 0 Å². The summed E-state index contributed by atoms with van der Waals surface area (Å²) in [6, 6.07) is -0.405. The van der Waals surface area contributed by atoms with Crippen molar-refractivity contribution in [3.63, 3.8) is 0 Å². The molecule has 1 aliphatic heterocycles. The molecule has 1 atom stereocenters. The number of hydrogen-bond acceptors (Lipinski definition) is 4. The van der Waals surface area contributed by atoms with Crippen molar-refractivity contribution >= 4 is 24.2 Å². The molecule has 0 unspecified atom stereocenters. The van der Waals surface area contributed by atoms with Crippen LogP contribution < -0.4 is 5.32 Å². The molecule has 11 heavy (non-hydrogen) atoms. The summed E-state index contributed by atoms with van der Waals surface area (Å²) in [6.45, 7) is 0.291. The molecule has 64 valence electrons. The van der Waals surface area contributed by atoms with Crippen LogP contribution in [0.2, 0.25) is 0 Å². The minimum Gasteiger partial charge on any atom is -0.468 e. The Morgan fingerprint density at radius 1 is 1.73 bits per heavy atom. The molecule has 1 saturated heterocycles. The number of rotatable bonds is 1. The first-order chi connectivity index (χ1) is 4.74. The number of esters is 1. The van der Waals surface area contributed by atoms with Crippen LogP contribution in [0.1, 0.15) is 6.42 Å². The molecule has 0 aromatic carbocycles. The van der Waals surface area contributed by atoms with E-state index in [1.165, 1.54) is 7.11 Å². The zero-order valence-electron chi connectivity index (χ0n) is 6.12. The zero-order valence-corrected chi connectivity index (χ0v) is 6.94. The monoisotopic (exact) mass is 179 g/mol. The highest BCUT2D eigenvalue weighted by molar-refractivity contribution is 5.91. The molecule has 5 heteroatoms. The summed E-state index contributed by atoms with van der Waals surface area (Å²) in [5.41, 5.74) is 0. The number of halogens is 1. The van der Waals surface area contributed by atoms with E-state index in [0.29, 0.717) is 6.54 Å². The predicted octanol–water partition coefficient (Wildman–Crippen LogP) is -0.488. The van der Waals surface area contributed by atoms with Gasteiger partial charge in [-0.1, -0.05) is 0 Å². The summed E-state index contributed by atoms with van der Waals surface area (Å²) in [4.78, 5) is 21.3. The van der Waals surface area contributed by atoms with E-state index >= 15 is 0 Å². The summed E-state index contributed by atoms with van der Waals surface area (Å²) < 4.78 is 4.43. The van der Waals surface area contributed by atoms with Crippen LogP contribution >= 0.6 is 12.4 Å². The average molecular weight is 180 g/mol. The first kappa shape index (κ1) is 10.4. The van der Waals surface area contributed by atoms with Gasteiger partial charge in [-0.3, -0.25) is 14.9 Å². The van der Waals surface area contributed by atoms with Crippen molar-refractivity contribution in [2.24, 2.45) is 0 Å². The molecule has 1 N–H and O–H groups in total. The molecule has 1 fully saturated rings. The first-order valence-corrected chi connectivity index (χ1v) is 3.07. The quantitative estimate of drug-likeness (QED) is 0.552. The topological polar surface area (TPSA) is 55.4 Å². The second-order valence-corrected chi connectivity index (χ2v) is 2.20. The van der Waals surface area contributed by atoms with E-state index in [2.05, 4.69) is 10.1 Å². The molecule has 1 heterocycles. The predicted molar refractivity (Wildman–Crippen MR) is 40.7 cm³/mol. The van der Waals surface area contributed by atoms with Crippen LogP contribution in [0.5, 0.6) is 0 Å². The number of Topliss-reactive ketones (excluding diaryl/α,β-unsaturated/α-hetero) is 1. The van der Waals surface area contributed by atoms with Crippen LogP contribution in [-0.4, -0.2) is 31.4 Å². The van der Waals surface area contributed by atoms with Crippen LogP contribution in [0.4, 0.5) is 0 Å². The Balaban J connectivity index is 0.000001000.